The van der Waals surface area contributed by atoms with E-state index >= 15 is 0 Å². The molecule has 0 amide bonds. The van der Waals surface area contributed by atoms with Gasteiger partial charge in [-0.25, -0.2) is 4.98 Å². The minimum atomic E-state index is 0.000706. The lowest BCUT2D eigenvalue weighted by atomic mass is 10.3. The van der Waals surface area contributed by atoms with Gasteiger partial charge in [0.2, 0.25) is 0 Å². The summed E-state index contributed by atoms with van der Waals surface area (Å²) < 4.78 is 6.64. The highest BCUT2D eigenvalue weighted by molar-refractivity contribution is 7.80. The highest BCUT2D eigenvalue weighted by Gasteiger charge is 2.20. The molecule has 5 heteroatoms. The summed E-state index contributed by atoms with van der Waals surface area (Å²) in [5.74, 6) is 0. The van der Waals surface area contributed by atoms with Gasteiger partial charge in [0.15, 0.2) is 5.13 Å². The summed E-state index contributed by atoms with van der Waals surface area (Å²) in [6.07, 6.45) is 0. The monoisotopic (exact) mass is 252 g/mol. The largest absolute Gasteiger partial charge is 0.364 e. The maximum absolute atomic E-state index is 5.40. The number of hydrogen-bond donors (Lipinski definition) is 1. The van der Waals surface area contributed by atoms with E-state index in [0.717, 1.165) is 30.3 Å². The Kier molecular flexibility index (Phi) is 2.75. The van der Waals surface area contributed by atoms with Gasteiger partial charge in [0.05, 0.1) is 23.4 Å². The van der Waals surface area contributed by atoms with E-state index < -0.39 is 0 Å². The van der Waals surface area contributed by atoms with Crippen molar-refractivity contribution in [3.05, 3.63) is 24.3 Å². The number of rotatable bonds is 1. The van der Waals surface area contributed by atoms with Gasteiger partial charge in [0.1, 0.15) is 5.44 Å². The molecule has 0 bridgehead atoms. The lowest BCUT2D eigenvalue weighted by Gasteiger charge is -2.30. The third-order valence-electron chi connectivity index (χ3n) is 2.60. The molecule has 3 rings (SSSR count). The smallest absolute Gasteiger partial charge is 0.186 e. The first kappa shape index (κ1) is 10.4. The second-order valence-electron chi connectivity index (χ2n) is 3.74. The summed E-state index contributed by atoms with van der Waals surface area (Å²) in [7, 11) is 0. The first-order valence-corrected chi connectivity index (χ1v) is 6.56. The molecule has 0 N–H and O–H groups in total. The maximum atomic E-state index is 5.40. The number of anilines is 1. The number of fused-ring (bicyclic) bond motifs is 1. The normalized spacial score (nSPS) is 21.6. The zero-order chi connectivity index (χ0) is 11.0. The van der Waals surface area contributed by atoms with Crippen molar-refractivity contribution >= 4 is 39.3 Å². The average molecular weight is 252 g/mol. The molecule has 1 aliphatic rings. The number of aromatic nitrogens is 1. The van der Waals surface area contributed by atoms with Gasteiger partial charge < -0.3 is 9.64 Å². The quantitative estimate of drug-likeness (QED) is 0.789. The van der Waals surface area contributed by atoms with Crippen LogP contribution in [0.2, 0.25) is 0 Å². The molecule has 2 heterocycles. The lowest BCUT2D eigenvalue weighted by Crippen LogP contribution is -2.40. The number of para-hydroxylation sites is 1. The van der Waals surface area contributed by atoms with Crippen LogP contribution in [-0.2, 0) is 4.74 Å². The van der Waals surface area contributed by atoms with Gasteiger partial charge in [0.25, 0.3) is 0 Å². The number of hydrogen-bond acceptors (Lipinski definition) is 5. The van der Waals surface area contributed by atoms with Crippen molar-refractivity contribution in [2.45, 2.75) is 5.44 Å². The molecule has 1 atom stereocenters. The molecule has 1 aromatic heterocycles. The van der Waals surface area contributed by atoms with Crippen LogP contribution in [0, 0.1) is 0 Å². The molecule has 1 aliphatic heterocycles. The Balaban J connectivity index is 1.93. The lowest BCUT2D eigenvalue weighted by molar-refractivity contribution is 0.0997. The van der Waals surface area contributed by atoms with Crippen LogP contribution in [0.5, 0.6) is 0 Å². The third kappa shape index (κ3) is 1.90. The number of thiol groups is 1. The molecule has 1 fully saturated rings. The van der Waals surface area contributed by atoms with E-state index in [-0.39, 0.29) is 5.44 Å². The van der Waals surface area contributed by atoms with Crippen LogP contribution in [0.15, 0.2) is 24.3 Å². The van der Waals surface area contributed by atoms with E-state index in [2.05, 4.69) is 28.6 Å². The van der Waals surface area contributed by atoms with Crippen LogP contribution in [-0.4, -0.2) is 30.1 Å². The maximum Gasteiger partial charge on any atom is 0.186 e. The first-order chi connectivity index (χ1) is 7.83. The predicted molar refractivity (Wildman–Crippen MR) is 70.6 cm³/mol. The predicted octanol–water partition coefficient (Wildman–Crippen LogP) is 2.39. The fraction of sp³-hybridized carbons (Fsp3) is 0.364. The van der Waals surface area contributed by atoms with Gasteiger partial charge >= 0.3 is 0 Å². The fourth-order valence-electron chi connectivity index (χ4n) is 1.80. The summed E-state index contributed by atoms with van der Waals surface area (Å²) in [6.45, 7) is 2.43. The van der Waals surface area contributed by atoms with Gasteiger partial charge in [-0.2, -0.15) is 0 Å². The van der Waals surface area contributed by atoms with Crippen molar-refractivity contribution in [3.63, 3.8) is 0 Å². The Bertz CT molecular complexity index is 466. The van der Waals surface area contributed by atoms with Crippen LogP contribution in [0.4, 0.5) is 5.13 Å². The average Bonchev–Trinajstić information content (AvgIpc) is 2.72. The zero-order valence-electron chi connectivity index (χ0n) is 8.67. The molecular formula is C11H12N2OS2. The van der Waals surface area contributed by atoms with Gasteiger partial charge in [-0.15, -0.1) is 12.6 Å². The van der Waals surface area contributed by atoms with Crippen molar-refractivity contribution in [1.82, 2.24) is 4.98 Å². The van der Waals surface area contributed by atoms with Gasteiger partial charge in [-0.1, -0.05) is 23.5 Å². The molecule has 3 nitrogen and oxygen atoms in total. The summed E-state index contributed by atoms with van der Waals surface area (Å²) in [5, 5.41) is 1.07. The molecule has 2 aromatic rings. The van der Waals surface area contributed by atoms with E-state index in [1.54, 1.807) is 11.3 Å². The second kappa shape index (κ2) is 4.24. The Hall–Kier alpha value is -0.780. The van der Waals surface area contributed by atoms with Crippen LogP contribution >= 0.6 is 24.0 Å². The van der Waals surface area contributed by atoms with Gasteiger partial charge in [0, 0.05) is 6.54 Å². The van der Waals surface area contributed by atoms with E-state index in [9.17, 15) is 0 Å². The van der Waals surface area contributed by atoms with E-state index in [1.165, 1.54) is 4.70 Å². The number of ether oxygens (including phenoxy) is 1. The SMILES string of the molecule is SC1CN(c2nc3ccccc3s2)CCO1. The van der Waals surface area contributed by atoms with Gasteiger partial charge in [-0.3, -0.25) is 0 Å². The van der Waals surface area contributed by atoms with Crippen molar-refractivity contribution in [2.75, 3.05) is 24.6 Å². The Labute approximate surface area is 103 Å². The van der Waals surface area contributed by atoms with E-state index in [4.69, 9.17) is 4.74 Å². The summed E-state index contributed by atoms with van der Waals surface area (Å²) in [4.78, 5) is 6.87. The molecule has 0 spiro atoms. The fourth-order valence-corrected chi connectivity index (χ4v) is 3.10. The van der Waals surface area contributed by atoms with Crippen LogP contribution in [0.1, 0.15) is 0 Å². The molecule has 84 valence electrons. The highest BCUT2D eigenvalue weighted by Crippen LogP contribution is 2.29. The zero-order valence-corrected chi connectivity index (χ0v) is 10.4. The van der Waals surface area contributed by atoms with Crippen molar-refractivity contribution in [1.29, 1.82) is 0 Å². The minimum absolute atomic E-state index is 0.000706. The number of nitrogens with zero attached hydrogens (tertiary/aromatic N) is 2. The van der Waals surface area contributed by atoms with Crippen molar-refractivity contribution in [2.24, 2.45) is 0 Å². The van der Waals surface area contributed by atoms with Crippen molar-refractivity contribution in [3.8, 4) is 0 Å². The second-order valence-corrected chi connectivity index (χ2v) is 5.32. The Morgan fingerprint density at radius 3 is 3.12 bits per heavy atom. The summed E-state index contributed by atoms with van der Waals surface area (Å²) >= 11 is 6.08. The summed E-state index contributed by atoms with van der Waals surface area (Å²) in [6, 6.07) is 8.22. The van der Waals surface area contributed by atoms with Gasteiger partial charge in [-0.05, 0) is 12.1 Å². The van der Waals surface area contributed by atoms with Crippen LogP contribution in [0.25, 0.3) is 10.2 Å². The molecule has 1 aromatic carbocycles. The Morgan fingerprint density at radius 1 is 1.44 bits per heavy atom. The molecule has 1 saturated heterocycles. The van der Waals surface area contributed by atoms with Crippen LogP contribution < -0.4 is 4.90 Å². The Morgan fingerprint density at radius 2 is 2.31 bits per heavy atom. The first-order valence-electron chi connectivity index (χ1n) is 5.23. The molecule has 0 saturated carbocycles. The molecular weight excluding hydrogens is 240 g/mol. The topological polar surface area (TPSA) is 25.4 Å². The molecule has 0 radical (unpaired) electrons. The van der Waals surface area contributed by atoms with E-state index in [0.29, 0.717) is 0 Å². The minimum Gasteiger partial charge on any atom is -0.364 e. The molecule has 1 unspecified atom stereocenters. The summed E-state index contributed by atoms with van der Waals surface area (Å²) in [5.41, 5.74) is 1.07. The van der Waals surface area contributed by atoms with Crippen molar-refractivity contribution < 1.29 is 4.74 Å². The number of benzene rings is 1. The molecule has 16 heavy (non-hydrogen) atoms. The van der Waals surface area contributed by atoms with Crippen LogP contribution in [0.3, 0.4) is 0 Å². The van der Waals surface area contributed by atoms with E-state index in [1.807, 2.05) is 18.2 Å². The molecule has 0 aliphatic carbocycles. The number of thiazole rings is 1. The standard InChI is InChI=1S/C11H12N2OS2/c15-10-7-13(5-6-14-10)11-12-8-3-1-2-4-9(8)16-11/h1-4,10,15H,5-7H2. The number of morpholine rings is 1. The highest BCUT2D eigenvalue weighted by atomic mass is 32.1. The third-order valence-corrected chi connectivity index (χ3v) is 4.01.